The number of amides is 2. The number of fused-ring (bicyclic) bond motifs is 1. The highest BCUT2D eigenvalue weighted by Gasteiger charge is 2.35. The Hall–Kier alpha value is -1.36. The molecular formula is C13H15BrN2O2. The predicted molar refractivity (Wildman–Crippen MR) is 72.3 cm³/mol. The first kappa shape index (κ1) is 13.1. The van der Waals surface area contributed by atoms with Gasteiger partial charge in [-0.2, -0.15) is 0 Å². The van der Waals surface area contributed by atoms with Gasteiger partial charge >= 0.3 is 0 Å². The lowest BCUT2D eigenvalue weighted by atomic mass is 10.0. The zero-order valence-corrected chi connectivity index (χ0v) is 12.2. The average molecular weight is 311 g/mol. The summed E-state index contributed by atoms with van der Waals surface area (Å²) in [6.45, 7) is 0. The lowest BCUT2D eigenvalue weighted by Crippen LogP contribution is -2.29. The molecule has 0 saturated carbocycles. The van der Waals surface area contributed by atoms with E-state index in [9.17, 15) is 9.59 Å². The third kappa shape index (κ3) is 2.14. The van der Waals surface area contributed by atoms with Gasteiger partial charge in [0, 0.05) is 31.2 Å². The quantitative estimate of drug-likeness (QED) is 0.839. The molecule has 0 unspecified atom stereocenters. The molecule has 5 heteroatoms. The first-order valence-corrected chi connectivity index (χ1v) is 6.48. The van der Waals surface area contributed by atoms with Gasteiger partial charge in [-0.15, -0.1) is 0 Å². The summed E-state index contributed by atoms with van der Waals surface area (Å²) in [4.78, 5) is 27.1. The van der Waals surface area contributed by atoms with Gasteiger partial charge in [-0.25, -0.2) is 0 Å². The SMILES string of the molecule is CN(C)C(=O)C[C@H]1c2ccc(Br)cc2C(=O)N1C. The van der Waals surface area contributed by atoms with Crippen LogP contribution in [-0.4, -0.2) is 42.8 Å². The van der Waals surface area contributed by atoms with Crippen molar-refractivity contribution < 1.29 is 9.59 Å². The Bertz CT molecular complexity index is 514. The van der Waals surface area contributed by atoms with Gasteiger partial charge in [-0.1, -0.05) is 22.0 Å². The number of carbonyl (C=O) groups excluding carboxylic acids is 2. The third-order valence-corrected chi connectivity index (χ3v) is 3.75. The van der Waals surface area contributed by atoms with E-state index >= 15 is 0 Å². The lowest BCUT2D eigenvalue weighted by molar-refractivity contribution is -0.129. The van der Waals surface area contributed by atoms with Crippen molar-refractivity contribution in [2.45, 2.75) is 12.5 Å². The van der Waals surface area contributed by atoms with Crippen molar-refractivity contribution in [3.05, 3.63) is 33.8 Å². The minimum Gasteiger partial charge on any atom is -0.349 e. The molecule has 0 radical (unpaired) electrons. The Morgan fingerprint density at radius 1 is 1.44 bits per heavy atom. The second kappa shape index (κ2) is 4.72. The Balaban J connectivity index is 2.34. The molecule has 0 aliphatic carbocycles. The Morgan fingerprint density at radius 2 is 2.11 bits per heavy atom. The highest BCUT2D eigenvalue weighted by molar-refractivity contribution is 9.10. The van der Waals surface area contributed by atoms with Crippen LogP contribution in [0.15, 0.2) is 22.7 Å². The molecule has 0 N–H and O–H groups in total. The van der Waals surface area contributed by atoms with Crippen LogP contribution >= 0.6 is 15.9 Å². The maximum absolute atomic E-state index is 12.1. The molecule has 1 atom stereocenters. The van der Waals surface area contributed by atoms with E-state index in [0.717, 1.165) is 10.0 Å². The van der Waals surface area contributed by atoms with Crippen molar-refractivity contribution in [1.29, 1.82) is 0 Å². The van der Waals surface area contributed by atoms with Crippen molar-refractivity contribution in [2.75, 3.05) is 21.1 Å². The molecule has 2 rings (SSSR count). The summed E-state index contributed by atoms with van der Waals surface area (Å²) in [6.07, 6.45) is 0.323. The summed E-state index contributed by atoms with van der Waals surface area (Å²) in [5.41, 5.74) is 1.62. The van der Waals surface area contributed by atoms with Gasteiger partial charge in [0.2, 0.25) is 5.91 Å². The maximum Gasteiger partial charge on any atom is 0.254 e. The highest BCUT2D eigenvalue weighted by Crippen LogP contribution is 2.36. The van der Waals surface area contributed by atoms with Crippen molar-refractivity contribution >= 4 is 27.7 Å². The molecule has 1 aromatic carbocycles. The number of benzene rings is 1. The summed E-state index contributed by atoms with van der Waals surface area (Å²) >= 11 is 3.36. The molecule has 0 fully saturated rings. The number of halogens is 1. The highest BCUT2D eigenvalue weighted by atomic mass is 79.9. The normalized spacial score (nSPS) is 17.9. The van der Waals surface area contributed by atoms with Gasteiger partial charge in [0.15, 0.2) is 0 Å². The molecule has 2 amide bonds. The molecule has 1 aliphatic heterocycles. The topological polar surface area (TPSA) is 40.6 Å². The molecule has 1 aliphatic rings. The zero-order valence-electron chi connectivity index (χ0n) is 10.6. The minimum atomic E-state index is -0.157. The Morgan fingerprint density at radius 3 is 2.72 bits per heavy atom. The van der Waals surface area contributed by atoms with E-state index < -0.39 is 0 Å². The van der Waals surface area contributed by atoms with Gasteiger partial charge in [-0.3, -0.25) is 9.59 Å². The third-order valence-electron chi connectivity index (χ3n) is 3.26. The van der Waals surface area contributed by atoms with E-state index in [2.05, 4.69) is 15.9 Å². The fourth-order valence-electron chi connectivity index (χ4n) is 2.14. The van der Waals surface area contributed by atoms with Crippen molar-refractivity contribution in [2.24, 2.45) is 0 Å². The lowest BCUT2D eigenvalue weighted by Gasteiger charge is -2.21. The smallest absolute Gasteiger partial charge is 0.254 e. The Kier molecular flexibility index (Phi) is 3.43. The van der Waals surface area contributed by atoms with Gasteiger partial charge < -0.3 is 9.80 Å². The first-order valence-electron chi connectivity index (χ1n) is 5.68. The van der Waals surface area contributed by atoms with E-state index in [1.807, 2.05) is 18.2 Å². The van der Waals surface area contributed by atoms with E-state index in [1.54, 1.807) is 30.9 Å². The van der Waals surface area contributed by atoms with Crippen LogP contribution in [0, 0.1) is 0 Å². The minimum absolute atomic E-state index is 0.0235. The molecule has 0 bridgehead atoms. The van der Waals surface area contributed by atoms with Gasteiger partial charge in [-0.05, 0) is 17.7 Å². The molecule has 4 nitrogen and oxygen atoms in total. The van der Waals surface area contributed by atoms with Crippen LogP contribution < -0.4 is 0 Å². The van der Waals surface area contributed by atoms with Crippen molar-refractivity contribution in [1.82, 2.24) is 9.80 Å². The largest absolute Gasteiger partial charge is 0.349 e. The summed E-state index contributed by atoms with van der Waals surface area (Å²) < 4.78 is 0.877. The predicted octanol–water partition coefficient (Wildman–Crippen LogP) is 2.05. The summed E-state index contributed by atoms with van der Waals surface area (Å²) in [7, 11) is 5.19. The van der Waals surface area contributed by atoms with E-state index in [4.69, 9.17) is 0 Å². The molecule has 1 heterocycles. The fraction of sp³-hybridized carbons (Fsp3) is 0.385. The molecule has 0 saturated heterocycles. The summed E-state index contributed by atoms with van der Waals surface area (Å²) in [6, 6.07) is 5.47. The maximum atomic E-state index is 12.1. The Labute approximate surface area is 115 Å². The van der Waals surface area contributed by atoms with Crippen LogP contribution in [0.2, 0.25) is 0 Å². The van der Waals surface area contributed by atoms with Crippen LogP contribution in [0.3, 0.4) is 0 Å². The number of carbonyl (C=O) groups is 2. The second-order valence-electron chi connectivity index (χ2n) is 4.66. The van der Waals surface area contributed by atoms with Crippen LogP contribution in [-0.2, 0) is 4.79 Å². The van der Waals surface area contributed by atoms with Crippen LogP contribution in [0.4, 0.5) is 0 Å². The van der Waals surface area contributed by atoms with Crippen molar-refractivity contribution in [3.8, 4) is 0 Å². The number of hydrogen-bond acceptors (Lipinski definition) is 2. The zero-order chi connectivity index (χ0) is 13.4. The summed E-state index contributed by atoms with van der Waals surface area (Å²) in [5, 5.41) is 0. The molecule has 18 heavy (non-hydrogen) atoms. The van der Waals surface area contributed by atoms with Gasteiger partial charge in [0.05, 0.1) is 12.5 Å². The molecule has 0 spiro atoms. The molecule has 96 valence electrons. The van der Waals surface area contributed by atoms with Crippen LogP contribution in [0.25, 0.3) is 0 Å². The number of rotatable bonds is 2. The van der Waals surface area contributed by atoms with E-state index in [0.29, 0.717) is 12.0 Å². The summed E-state index contributed by atoms with van der Waals surface area (Å²) in [5.74, 6) is -0.00160. The second-order valence-corrected chi connectivity index (χ2v) is 5.57. The van der Waals surface area contributed by atoms with E-state index in [-0.39, 0.29) is 17.9 Å². The molecule has 1 aromatic rings. The monoisotopic (exact) mass is 310 g/mol. The average Bonchev–Trinajstić information content (AvgIpc) is 2.54. The number of nitrogens with zero attached hydrogens (tertiary/aromatic N) is 2. The first-order chi connectivity index (χ1) is 8.41. The number of hydrogen-bond donors (Lipinski definition) is 0. The van der Waals surface area contributed by atoms with E-state index in [1.165, 1.54) is 0 Å². The molecule has 0 aromatic heterocycles. The van der Waals surface area contributed by atoms with Crippen LogP contribution in [0.5, 0.6) is 0 Å². The van der Waals surface area contributed by atoms with Gasteiger partial charge in [0.1, 0.15) is 0 Å². The fourth-order valence-corrected chi connectivity index (χ4v) is 2.50. The molecular weight excluding hydrogens is 296 g/mol. The van der Waals surface area contributed by atoms with Crippen molar-refractivity contribution in [3.63, 3.8) is 0 Å². The van der Waals surface area contributed by atoms with Gasteiger partial charge in [0.25, 0.3) is 5.91 Å². The standard InChI is InChI=1S/C13H15BrN2O2/c1-15(2)12(17)7-11-9-5-4-8(14)6-10(9)13(18)16(11)3/h4-6,11H,7H2,1-3H3/t11-/m0/s1. The van der Waals surface area contributed by atoms with Crippen LogP contribution in [0.1, 0.15) is 28.4 Å².